The average molecular weight is 652 g/mol. The Balaban J connectivity index is 1.16. The van der Waals surface area contributed by atoms with Crippen molar-refractivity contribution in [3.63, 3.8) is 0 Å². The summed E-state index contributed by atoms with van der Waals surface area (Å²) in [5.41, 5.74) is 19.1. The minimum absolute atomic E-state index is 0.0816. The first-order valence-electron chi connectivity index (χ1n) is 17.7. The second kappa shape index (κ2) is 12.5. The molecular formula is C50H37N. The van der Waals surface area contributed by atoms with Gasteiger partial charge in [-0.25, -0.2) is 4.98 Å². The number of nitrogens with zero attached hydrogens (tertiary/aromatic N) is 1. The Morgan fingerprint density at radius 3 is 1.47 bits per heavy atom. The predicted octanol–water partition coefficient (Wildman–Crippen LogP) is 13.4. The number of pyridine rings is 1. The van der Waals surface area contributed by atoms with Gasteiger partial charge >= 0.3 is 0 Å². The van der Waals surface area contributed by atoms with Gasteiger partial charge in [-0.05, 0) is 103 Å². The zero-order chi connectivity index (χ0) is 34.4. The van der Waals surface area contributed by atoms with Crippen molar-refractivity contribution in [2.45, 2.75) is 19.3 Å². The maximum atomic E-state index is 5.21. The number of hydrogen-bond donors (Lipinski definition) is 0. The molecule has 0 saturated carbocycles. The first-order chi connectivity index (χ1) is 25.0. The summed E-state index contributed by atoms with van der Waals surface area (Å²) in [6.45, 7) is 4.71. The van der Waals surface area contributed by atoms with E-state index in [0.29, 0.717) is 0 Å². The van der Waals surface area contributed by atoms with E-state index in [1.165, 1.54) is 55.6 Å². The fourth-order valence-electron chi connectivity index (χ4n) is 7.80. The zero-order valence-corrected chi connectivity index (χ0v) is 28.8. The first kappa shape index (κ1) is 30.7. The Morgan fingerprint density at radius 2 is 0.784 bits per heavy atom. The van der Waals surface area contributed by atoms with Gasteiger partial charge < -0.3 is 0 Å². The number of hydrogen-bond acceptors (Lipinski definition) is 1. The summed E-state index contributed by atoms with van der Waals surface area (Å²) in [5.74, 6) is 0. The van der Waals surface area contributed by atoms with E-state index < -0.39 is 0 Å². The normalized spacial score (nSPS) is 12.7. The van der Waals surface area contributed by atoms with E-state index in [9.17, 15) is 0 Å². The lowest BCUT2D eigenvalue weighted by molar-refractivity contribution is 0.660. The molecule has 0 unspecified atom stereocenters. The summed E-state index contributed by atoms with van der Waals surface area (Å²) in [7, 11) is 0. The highest BCUT2D eigenvalue weighted by Gasteiger charge is 2.36. The van der Waals surface area contributed by atoms with Crippen molar-refractivity contribution in [1.29, 1.82) is 0 Å². The monoisotopic (exact) mass is 651 g/mol. The van der Waals surface area contributed by atoms with Gasteiger partial charge in [-0.3, -0.25) is 0 Å². The van der Waals surface area contributed by atoms with Crippen LogP contribution in [-0.4, -0.2) is 4.98 Å². The lowest BCUT2D eigenvalue weighted by Crippen LogP contribution is -2.15. The van der Waals surface area contributed by atoms with Crippen LogP contribution in [0.15, 0.2) is 188 Å². The molecule has 9 rings (SSSR count). The van der Waals surface area contributed by atoms with E-state index in [1.807, 2.05) is 0 Å². The van der Waals surface area contributed by atoms with Crippen molar-refractivity contribution in [3.05, 3.63) is 199 Å². The van der Waals surface area contributed by atoms with Crippen LogP contribution in [0.25, 0.3) is 78.1 Å². The summed E-state index contributed by atoms with van der Waals surface area (Å²) in [6, 6.07) is 67.9. The van der Waals surface area contributed by atoms with Crippen LogP contribution in [0.5, 0.6) is 0 Å². The van der Waals surface area contributed by atoms with Crippen LogP contribution in [-0.2, 0) is 5.41 Å². The molecule has 1 heteroatoms. The molecule has 0 bridgehead atoms. The fourth-order valence-corrected chi connectivity index (χ4v) is 7.80. The molecule has 0 fully saturated rings. The molecular weight excluding hydrogens is 615 g/mol. The molecule has 1 nitrogen and oxygen atoms in total. The van der Waals surface area contributed by atoms with Gasteiger partial charge in [-0.1, -0.05) is 166 Å². The smallest absolute Gasteiger partial charge is 0.0715 e. The summed E-state index contributed by atoms with van der Waals surface area (Å²) in [5, 5.41) is 0. The summed E-state index contributed by atoms with van der Waals surface area (Å²) >= 11 is 0. The van der Waals surface area contributed by atoms with Crippen LogP contribution in [0.4, 0.5) is 0 Å². The molecule has 242 valence electrons. The highest BCUT2D eigenvalue weighted by molar-refractivity contribution is 5.93. The molecule has 1 heterocycles. The van der Waals surface area contributed by atoms with Gasteiger partial charge in [0.05, 0.1) is 11.4 Å². The van der Waals surface area contributed by atoms with Crippen molar-refractivity contribution < 1.29 is 0 Å². The molecule has 51 heavy (non-hydrogen) atoms. The van der Waals surface area contributed by atoms with Gasteiger partial charge in [-0.2, -0.15) is 0 Å². The van der Waals surface area contributed by atoms with Crippen LogP contribution in [0.2, 0.25) is 0 Å². The van der Waals surface area contributed by atoms with Gasteiger partial charge in [0.15, 0.2) is 0 Å². The first-order valence-corrected chi connectivity index (χ1v) is 17.7. The molecule has 0 radical (unpaired) electrons. The summed E-state index contributed by atoms with van der Waals surface area (Å²) in [4.78, 5) is 5.21. The molecule has 0 aliphatic heterocycles. The van der Waals surface area contributed by atoms with E-state index in [4.69, 9.17) is 4.98 Å². The zero-order valence-electron chi connectivity index (χ0n) is 28.8. The number of aromatic nitrogens is 1. The third kappa shape index (κ3) is 5.58. The second-order valence-corrected chi connectivity index (χ2v) is 14.0. The molecule has 1 aromatic heterocycles. The minimum atomic E-state index is -0.0816. The Labute approximate surface area is 300 Å². The fraction of sp³-hybridized carbons (Fsp3) is 0.0600. The van der Waals surface area contributed by atoms with Crippen molar-refractivity contribution in [3.8, 4) is 78.1 Å². The quantitative estimate of drug-likeness (QED) is 0.174. The topological polar surface area (TPSA) is 12.9 Å². The van der Waals surface area contributed by atoms with Gasteiger partial charge in [0.25, 0.3) is 0 Å². The van der Waals surface area contributed by atoms with Crippen LogP contribution in [0, 0.1) is 0 Å². The summed E-state index contributed by atoms with van der Waals surface area (Å²) < 4.78 is 0. The standard InChI is InChI=1S/C50H37N/c1-50(2)46-27-13-12-26-42(46)45-32-43(35-18-8-4-9-19-35)44(33-47(45)50)39-24-14-22-37(28-39)38-23-15-25-40(29-38)49-31-41(34-16-6-3-7-17-34)30-48(51-49)36-20-10-5-11-21-36/h3-33H,1-2H3. The van der Waals surface area contributed by atoms with E-state index in [1.54, 1.807) is 0 Å². The predicted molar refractivity (Wildman–Crippen MR) is 214 cm³/mol. The Morgan fingerprint density at radius 1 is 0.294 bits per heavy atom. The van der Waals surface area contributed by atoms with Crippen LogP contribution in [0.1, 0.15) is 25.0 Å². The lowest BCUT2D eigenvalue weighted by atomic mass is 9.80. The van der Waals surface area contributed by atoms with Crippen molar-refractivity contribution in [2.75, 3.05) is 0 Å². The maximum absolute atomic E-state index is 5.21. The number of rotatable bonds is 6. The van der Waals surface area contributed by atoms with Crippen molar-refractivity contribution in [2.24, 2.45) is 0 Å². The lowest BCUT2D eigenvalue weighted by Gasteiger charge is -2.23. The third-order valence-corrected chi connectivity index (χ3v) is 10.5. The number of fused-ring (bicyclic) bond motifs is 3. The maximum Gasteiger partial charge on any atom is 0.0715 e. The van der Waals surface area contributed by atoms with Gasteiger partial charge in [0.2, 0.25) is 0 Å². The van der Waals surface area contributed by atoms with Crippen molar-refractivity contribution >= 4 is 0 Å². The molecule has 1 aliphatic carbocycles. The van der Waals surface area contributed by atoms with Crippen LogP contribution < -0.4 is 0 Å². The minimum Gasteiger partial charge on any atom is -0.248 e. The highest BCUT2D eigenvalue weighted by Crippen LogP contribution is 2.52. The van der Waals surface area contributed by atoms with Crippen molar-refractivity contribution in [1.82, 2.24) is 4.98 Å². The van der Waals surface area contributed by atoms with E-state index in [-0.39, 0.29) is 5.41 Å². The third-order valence-electron chi connectivity index (χ3n) is 10.5. The van der Waals surface area contributed by atoms with Crippen LogP contribution in [0.3, 0.4) is 0 Å². The molecule has 0 spiro atoms. The molecule has 0 atom stereocenters. The average Bonchev–Trinajstić information content (AvgIpc) is 3.43. The molecule has 1 aliphatic rings. The Hall–Kier alpha value is -6.31. The Bertz CT molecular complexity index is 2470. The van der Waals surface area contributed by atoms with Gasteiger partial charge in [0, 0.05) is 16.5 Å². The van der Waals surface area contributed by atoms with Crippen LogP contribution >= 0.6 is 0 Å². The molecule has 7 aromatic carbocycles. The van der Waals surface area contributed by atoms with E-state index in [2.05, 4.69) is 202 Å². The molecule has 0 N–H and O–H groups in total. The second-order valence-electron chi connectivity index (χ2n) is 14.0. The van der Waals surface area contributed by atoms with Gasteiger partial charge in [0.1, 0.15) is 0 Å². The number of benzene rings is 7. The Kier molecular flexibility index (Phi) is 7.55. The van der Waals surface area contributed by atoms with Gasteiger partial charge in [-0.15, -0.1) is 0 Å². The largest absolute Gasteiger partial charge is 0.248 e. The molecule has 0 amide bonds. The van der Waals surface area contributed by atoms with E-state index in [0.717, 1.165) is 33.6 Å². The molecule has 8 aromatic rings. The summed E-state index contributed by atoms with van der Waals surface area (Å²) in [6.07, 6.45) is 0. The van der Waals surface area contributed by atoms with E-state index >= 15 is 0 Å². The molecule has 0 saturated heterocycles. The SMILES string of the molecule is CC1(C)c2ccccc2-c2cc(-c3ccccc3)c(-c3cccc(-c4cccc(-c5cc(-c6ccccc6)cc(-c6ccccc6)n5)c4)c3)cc21. The highest BCUT2D eigenvalue weighted by atomic mass is 14.7.